The van der Waals surface area contributed by atoms with Crippen molar-refractivity contribution in [1.82, 2.24) is 10.2 Å². The van der Waals surface area contributed by atoms with E-state index in [1.807, 2.05) is 0 Å². The molecule has 3 atom stereocenters. The Morgan fingerprint density at radius 1 is 1.14 bits per heavy atom. The summed E-state index contributed by atoms with van der Waals surface area (Å²) in [6.45, 7) is 3.51. The largest absolute Gasteiger partial charge is 0.458 e. The van der Waals surface area contributed by atoms with Crippen LogP contribution in [0.3, 0.4) is 0 Å². The summed E-state index contributed by atoms with van der Waals surface area (Å²) in [5.41, 5.74) is 0.570. The third kappa shape index (κ3) is 3.71. The first-order valence-corrected chi connectivity index (χ1v) is 10.1. The van der Waals surface area contributed by atoms with Crippen molar-refractivity contribution in [3.63, 3.8) is 0 Å². The lowest BCUT2D eigenvalue weighted by atomic mass is 10.0. The van der Waals surface area contributed by atoms with Gasteiger partial charge in [0.1, 0.15) is 12.1 Å². The molecule has 1 aromatic rings. The second kappa shape index (κ2) is 8.22. The molecular formula is C19H22N2O6S. The number of hydrogen-bond acceptors (Lipinski definition) is 7. The number of benzene rings is 1. The van der Waals surface area contributed by atoms with E-state index in [-0.39, 0.29) is 17.0 Å². The van der Waals surface area contributed by atoms with Gasteiger partial charge >= 0.3 is 12.1 Å². The van der Waals surface area contributed by atoms with Crippen molar-refractivity contribution in [2.75, 3.05) is 18.6 Å². The molecule has 8 nitrogen and oxygen atoms in total. The van der Waals surface area contributed by atoms with Gasteiger partial charge in [-0.25, -0.2) is 9.59 Å². The van der Waals surface area contributed by atoms with Gasteiger partial charge in [-0.1, -0.05) is 26.0 Å². The molecule has 1 saturated heterocycles. The Kier molecular flexibility index (Phi) is 5.93. The number of imide groups is 1. The first-order valence-electron chi connectivity index (χ1n) is 8.94. The summed E-state index contributed by atoms with van der Waals surface area (Å²) < 4.78 is 10.2. The lowest BCUT2D eigenvalue weighted by Gasteiger charge is -2.29. The van der Waals surface area contributed by atoms with E-state index in [0.29, 0.717) is 11.5 Å². The minimum absolute atomic E-state index is 0.285. The van der Waals surface area contributed by atoms with Crippen molar-refractivity contribution in [2.45, 2.75) is 32.0 Å². The molecule has 1 N–H and O–H groups in total. The topological polar surface area (TPSA) is 102 Å². The van der Waals surface area contributed by atoms with Crippen LogP contribution in [0.5, 0.6) is 0 Å². The minimum Gasteiger partial charge on any atom is -0.458 e. The van der Waals surface area contributed by atoms with E-state index in [1.54, 1.807) is 38.1 Å². The average molecular weight is 406 g/mol. The molecule has 0 spiro atoms. The maximum atomic E-state index is 12.9. The van der Waals surface area contributed by atoms with Crippen LogP contribution >= 0.6 is 11.8 Å². The molecule has 0 bridgehead atoms. The molecule has 0 aliphatic carbocycles. The van der Waals surface area contributed by atoms with Gasteiger partial charge in [0.05, 0.1) is 24.3 Å². The molecule has 28 heavy (non-hydrogen) atoms. The van der Waals surface area contributed by atoms with Gasteiger partial charge in [-0.2, -0.15) is 11.8 Å². The molecule has 2 aliphatic heterocycles. The number of thioether (sulfide) groups is 1. The number of nitrogens with zero attached hydrogens (tertiary/aromatic N) is 1. The molecule has 2 heterocycles. The molecule has 0 aromatic heterocycles. The van der Waals surface area contributed by atoms with Gasteiger partial charge in [-0.3, -0.25) is 14.5 Å². The second-order valence-electron chi connectivity index (χ2n) is 6.97. The molecule has 2 aliphatic rings. The van der Waals surface area contributed by atoms with Crippen molar-refractivity contribution in [1.29, 1.82) is 0 Å². The van der Waals surface area contributed by atoms with Crippen LogP contribution in [-0.4, -0.2) is 65.6 Å². The Bertz CT molecular complexity index is 776. The third-order valence-corrected chi connectivity index (χ3v) is 5.92. The fourth-order valence-electron chi connectivity index (χ4n) is 3.35. The highest BCUT2D eigenvalue weighted by Crippen LogP contribution is 2.29. The number of carbonyl (C=O) groups excluding carboxylic acids is 4. The maximum Gasteiger partial charge on any atom is 0.407 e. The van der Waals surface area contributed by atoms with Gasteiger partial charge in [0.15, 0.2) is 0 Å². The fourth-order valence-corrected chi connectivity index (χ4v) is 4.57. The molecule has 1 fully saturated rings. The lowest BCUT2D eigenvalue weighted by molar-refractivity contribution is -0.155. The number of ether oxygens (including phenoxy) is 2. The van der Waals surface area contributed by atoms with Gasteiger partial charge in [0.2, 0.25) is 0 Å². The third-order valence-electron chi connectivity index (χ3n) is 4.76. The summed E-state index contributed by atoms with van der Waals surface area (Å²) in [6.07, 6.45) is -1.16. The Balaban J connectivity index is 1.78. The SMILES string of the molecule is COC(=O)N[C@@H]1CSC[C@H]1OC(=O)[C@@H](C(C)C)N1C(=O)c2ccccc2C1=O. The molecule has 9 heteroatoms. The maximum absolute atomic E-state index is 12.9. The van der Waals surface area contributed by atoms with Crippen LogP contribution in [0.15, 0.2) is 24.3 Å². The molecule has 1 aromatic carbocycles. The van der Waals surface area contributed by atoms with Gasteiger partial charge < -0.3 is 14.8 Å². The van der Waals surface area contributed by atoms with Crippen LogP contribution < -0.4 is 5.32 Å². The Hall–Kier alpha value is -2.55. The van der Waals surface area contributed by atoms with Crippen molar-refractivity contribution >= 4 is 35.6 Å². The van der Waals surface area contributed by atoms with Crippen molar-refractivity contribution < 1.29 is 28.7 Å². The van der Waals surface area contributed by atoms with E-state index in [0.717, 1.165) is 4.90 Å². The number of rotatable bonds is 5. The molecule has 0 saturated carbocycles. The van der Waals surface area contributed by atoms with Crippen LogP contribution in [0.1, 0.15) is 34.6 Å². The fraction of sp³-hybridized carbons (Fsp3) is 0.474. The van der Waals surface area contributed by atoms with Crippen molar-refractivity contribution in [3.8, 4) is 0 Å². The molecule has 0 unspecified atom stereocenters. The van der Waals surface area contributed by atoms with Gasteiger partial charge in [-0.05, 0) is 18.1 Å². The number of carbonyl (C=O) groups is 4. The van der Waals surface area contributed by atoms with E-state index in [4.69, 9.17) is 4.74 Å². The summed E-state index contributed by atoms with van der Waals surface area (Å²) in [4.78, 5) is 50.9. The molecule has 3 amide bonds. The molecule has 0 radical (unpaired) electrons. The number of amides is 3. The molecule has 150 valence electrons. The quantitative estimate of drug-likeness (QED) is 0.586. The van der Waals surface area contributed by atoms with Crippen LogP contribution in [0.25, 0.3) is 0 Å². The van der Waals surface area contributed by atoms with Crippen LogP contribution in [0.2, 0.25) is 0 Å². The van der Waals surface area contributed by atoms with Crippen LogP contribution in [-0.2, 0) is 14.3 Å². The Labute approximate surface area is 166 Å². The van der Waals surface area contributed by atoms with Crippen molar-refractivity contribution in [2.24, 2.45) is 5.92 Å². The van der Waals surface area contributed by atoms with E-state index in [9.17, 15) is 19.2 Å². The van der Waals surface area contributed by atoms with E-state index in [1.165, 1.54) is 18.9 Å². The highest BCUT2D eigenvalue weighted by Gasteiger charge is 2.46. The van der Waals surface area contributed by atoms with Crippen LogP contribution in [0, 0.1) is 5.92 Å². The normalized spacial score (nSPS) is 22.2. The predicted octanol–water partition coefficient (Wildman–Crippen LogP) is 1.69. The van der Waals surface area contributed by atoms with Crippen molar-refractivity contribution in [3.05, 3.63) is 35.4 Å². The standard InChI is InChI=1S/C19H22N2O6S/c1-10(2)15(21-16(22)11-6-4-5-7-12(11)17(21)23)18(24)27-14-9-28-8-13(14)20-19(25)26-3/h4-7,10,13-15H,8-9H2,1-3H3,(H,20,25)/t13-,14-,15-/m1/s1. The zero-order chi connectivity index (χ0) is 20.4. The van der Waals surface area contributed by atoms with E-state index < -0.39 is 42.1 Å². The van der Waals surface area contributed by atoms with Crippen LogP contribution in [0.4, 0.5) is 4.79 Å². The zero-order valence-electron chi connectivity index (χ0n) is 15.8. The highest BCUT2D eigenvalue weighted by atomic mass is 32.2. The number of nitrogens with one attached hydrogen (secondary N) is 1. The van der Waals surface area contributed by atoms with Gasteiger partial charge in [0.25, 0.3) is 11.8 Å². The zero-order valence-corrected chi connectivity index (χ0v) is 16.7. The summed E-state index contributed by atoms with van der Waals surface area (Å²) in [5.74, 6) is -0.910. The molecular weight excluding hydrogens is 384 g/mol. The summed E-state index contributed by atoms with van der Waals surface area (Å²) in [6, 6.07) is 5.06. The number of alkyl carbamates (subject to hydrolysis) is 1. The monoisotopic (exact) mass is 406 g/mol. The highest BCUT2D eigenvalue weighted by molar-refractivity contribution is 7.99. The second-order valence-corrected chi connectivity index (χ2v) is 8.04. The van der Waals surface area contributed by atoms with E-state index >= 15 is 0 Å². The van der Waals surface area contributed by atoms with Gasteiger partial charge in [0, 0.05) is 11.5 Å². The smallest absolute Gasteiger partial charge is 0.407 e. The molecule has 3 rings (SSSR count). The summed E-state index contributed by atoms with van der Waals surface area (Å²) in [5, 5.41) is 2.65. The lowest BCUT2D eigenvalue weighted by Crippen LogP contribution is -2.51. The summed E-state index contributed by atoms with van der Waals surface area (Å²) >= 11 is 1.53. The minimum atomic E-state index is -1.04. The Morgan fingerprint density at radius 3 is 2.29 bits per heavy atom. The number of fused-ring (bicyclic) bond motifs is 1. The Morgan fingerprint density at radius 2 is 1.75 bits per heavy atom. The van der Waals surface area contributed by atoms with Gasteiger partial charge in [-0.15, -0.1) is 0 Å². The average Bonchev–Trinajstić information content (AvgIpc) is 3.19. The number of esters is 1. The number of hydrogen-bond donors (Lipinski definition) is 1. The number of methoxy groups -OCH3 is 1. The first-order chi connectivity index (χ1) is 13.3. The first kappa shape index (κ1) is 20.2. The predicted molar refractivity (Wildman–Crippen MR) is 102 cm³/mol. The summed E-state index contributed by atoms with van der Waals surface area (Å²) in [7, 11) is 1.26. The van der Waals surface area contributed by atoms with E-state index in [2.05, 4.69) is 10.1 Å².